The highest BCUT2D eigenvalue weighted by molar-refractivity contribution is 15.0. The lowest BCUT2D eigenvalue weighted by Crippen LogP contribution is -2.55. The number of carbonyl (C=O) groups is 6. The predicted molar refractivity (Wildman–Crippen MR) is 430 cm³/mol. The van der Waals surface area contributed by atoms with Crippen molar-refractivity contribution in [2.24, 2.45) is 17.8 Å². The van der Waals surface area contributed by atoms with Crippen molar-refractivity contribution in [2.45, 2.75) is 157 Å². The van der Waals surface area contributed by atoms with Gasteiger partial charge >= 0.3 is 30.2 Å². The van der Waals surface area contributed by atoms with Gasteiger partial charge in [0.15, 0.2) is 0 Å². The predicted octanol–water partition coefficient (Wildman–Crippen LogP) is 17.3. The van der Waals surface area contributed by atoms with Crippen LogP contribution in [0.2, 0.25) is 0 Å². The number of hydrogen-bond acceptors (Lipinski definition) is 16. The van der Waals surface area contributed by atoms with Crippen molar-refractivity contribution in [3.63, 3.8) is 0 Å². The largest absolute Gasteiger partial charge is 0.480 e. The molecule has 0 radical (unpaired) electrons. The molecule has 20 nitrogen and oxygen atoms in total. The Kier molecular flexibility index (Phi) is 40.4. The normalized spacial score (nSPS) is 11.9. The number of amides is 7. The molecule has 100 heavy (non-hydrogen) atoms. The van der Waals surface area contributed by atoms with Crippen molar-refractivity contribution in [1.29, 1.82) is 0 Å². The molecule has 8 rings (SSSR count). The molecule has 8 aromatic rings. The molecule has 0 fully saturated rings. The van der Waals surface area contributed by atoms with E-state index in [-0.39, 0.29) is 73.1 Å². The van der Waals surface area contributed by atoms with E-state index in [0.717, 1.165) is 60.7 Å². The van der Waals surface area contributed by atoms with Crippen molar-refractivity contribution >= 4 is 143 Å². The second-order valence-corrected chi connectivity index (χ2v) is 28.9. The summed E-state index contributed by atoms with van der Waals surface area (Å²) in [7, 11) is 3.33. The van der Waals surface area contributed by atoms with Gasteiger partial charge in [-0.1, -0.05) is 184 Å². The number of urea groups is 2. The third-order valence-electron chi connectivity index (χ3n) is 15.4. The number of carbonyl (C=O) groups excluding carboxylic acids is 5. The SMILES string of the molecule is CC(C)c1nc(CN(C)C(=O)N[C@H](C(=O)N[C@H](CCN(Cc2ccccc2)C(=O)OCc2cncs2)Cc2ccccc2)C(C)C)cs1.CC(C)c1nc(CN(C)C(=O)N[C@H](C(=O)O)C(C)C)cs1.C[C@H](CCN(Cc1ccccc1)C(=O)OCc1cncs1)Cc1ccccc1.I.II. The molecule has 0 bridgehead atoms. The number of carboxylic acids is 1. The highest BCUT2D eigenvalue weighted by Crippen LogP contribution is 2.23. The maximum Gasteiger partial charge on any atom is 0.410 e. The highest BCUT2D eigenvalue weighted by atomic mass is 128. The van der Waals surface area contributed by atoms with E-state index in [2.05, 4.69) is 132 Å². The van der Waals surface area contributed by atoms with Gasteiger partial charge in [0.25, 0.3) is 0 Å². The van der Waals surface area contributed by atoms with Crippen molar-refractivity contribution in [3.05, 3.63) is 209 Å². The van der Waals surface area contributed by atoms with Crippen LogP contribution in [0.1, 0.15) is 140 Å². The molecular formula is C73H96I3N11O9S4. The standard InChI is InChI=1S/C36H46N6O4S2.C23H26N2O2S.C14H23N3O3S.I2.HI/c1-25(2)32(40-35(44)41(5)21-30-23-47-34(39-30)26(3)4)33(43)38-29(18-27-12-8-6-9-13-27)16-17-42(20-28-14-10-7-11-15-28)36(45)46-22-31-19-37-24-48-31;1-19(14-20-8-4-2-5-9-20)12-13-25(16-21-10-6-3-7-11-21)23(26)27-17-22-15-24-18-28-22;1-8(2)11(13(18)19)16-14(20)17(5)6-10-7-21-12(15-10)9(3)4;1-2;/h6-15,19,23-26,29,32H,16-18,20-22H2,1-5H3,(H,38,43)(H,40,44);2-11,15,18-19H,12-14,16-17H2,1H3;7-9,11H,6H2,1-5H3,(H,16,20)(H,18,19);;1H/t29-,32+;19-;11-;;/m110../s1. The molecular weight excluding hydrogens is 1680 g/mol. The Morgan fingerprint density at radius 1 is 0.500 bits per heavy atom. The number of nitrogens with one attached hydrogen (secondary N) is 3. The number of aromatic nitrogens is 4. The van der Waals surface area contributed by atoms with Gasteiger partial charge in [-0.3, -0.25) is 14.8 Å². The Hall–Kier alpha value is -6.39. The van der Waals surface area contributed by atoms with E-state index in [9.17, 15) is 28.8 Å². The van der Waals surface area contributed by atoms with Crippen LogP contribution < -0.4 is 16.0 Å². The van der Waals surface area contributed by atoms with E-state index in [1.54, 1.807) is 88.7 Å². The summed E-state index contributed by atoms with van der Waals surface area (Å²) in [5.74, 6) is -0.474. The first-order valence-corrected chi connectivity index (χ1v) is 42.6. The van der Waals surface area contributed by atoms with Gasteiger partial charge in [-0.15, -0.1) is 69.3 Å². The summed E-state index contributed by atoms with van der Waals surface area (Å²) in [4.78, 5) is 102. The quantitative estimate of drug-likeness (QED) is 0.0296. The average Bonchev–Trinajstić information content (AvgIpc) is 1.42. The number of carboxylic acid groups (broad SMARTS) is 1. The monoisotopic (exact) mass is 1780 g/mol. The number of halogens is 3. The zero-order chi connectivity index (χ0) is 72.2. The molecule has 4 atom stereocenters. The molecule has 0 aliphatic heterocycles. The van der Waals surface area contributed by atoms with Gasteiger partial charge in [-0.25, -0.2) is 33.9 Å². The first-order valence-electron chi connectivity index (χ1n) is 32.8. The Morgan fingerprint density at radius 3 is 1.24 bits per heavy atom. The van der Waals surface area contributed by atoms with Gasteiger partial charge in [0.2, 0.25) is 5.91 Å². The van der Waals surface area contributed by atoms with E-state index in [1.807, 2.05) is 122 Å². The molecule has 4 aromatic heterocycles. The number of benzene rings is 4. The minimum atomic E-state index is -1.03. The van der Waals surface area contributed by atoms with Gasteiger partial charge in [0.05, 0.1) is 55.3 Å². The number of hydrogen-bond donors (Lipinski definition) is 4. The lowest BCUT2D eigenvalue weighted by molar-refractivity contribution is -0.140. The molecule has 0 saturated heterocycles. The van der Waals surface area contributed by atoms with Gasteiger partial charge < -0.3 is 50.1 Å². The molecule has 4 N–H and O–H groups in total. The first kappa shape index (κ1) is 86.0. The summed E-state index contributed by atoms with van der Waals surface area (Å²) in [6, 6.07) is 37.5. The molecule has 7 amide bonds. The van der Waals surface area contributed by atoms with E-state index in [4.69, 9.17) is 14.6 Å². The summed E-state index contributed by atoms with van der Waals surface area (Å²) < 4.78 is 11.2. The molecule has 0 aliphatic carbocycles. The van der Waals surface area contributed by atoms with Crippen LogP contribution >= 0.6 is 107 Å². The third-order valence-corrected chi connectivity index (χ3v) is 19.3. The molecule has 4 aromatic carbocycles. The van der Waals surface area contributed by atoms with Crippen LogP contribution in [-0.4, -0.2) is 126 Å². The fourth-order valence-corrected chi connectivity index (χ4v) is 12.5. The maximum absolute atomic E-state index is 13.8. The van der Waals surface area contributed by atoms with Gasteiger partial charge in [-0.05, 0) is 65.7 Å². The van der Waals surface area contributed by atoms with E-state index < -0.39 is 30.2 Å². The minimum absolute atomic E-state index is 0. The molecule has 27 heteroatoms. The van der Waals surface area contributed by atoms with Gasteiger partial charge in [-0.2, -0.15) is 0 Å². The number of aliphatic carboxylic acids is 1. The molecule has 0 spiro atoms. The van der Waals surface area contributed by atoms with Crippen LogP contribution in [0.15, 0.2) is 156 Å². The number of ether oxygens (including phenoxy) is 2. The average molecular weight is 1780 g/mol. The zero-order valence-corrected chi connectivity index (χ0v) is 68.6. The smallest absolute Gasteiger partial charge is 0.410 e. The van der Waals surface area contributed by atoms with Gasteiger partial charge in [0.1, 0.15) is 25.3 Å². The number of rotatable bonds is 31. The summed E-state index contributed by atoms with van der Waals surface area (Å²) in [5.41, 5.74) is 9.55. The van der Waals surface area contributed by atoms with E-state index in [1.165, 1.54) is 33.1 Å². The zero-order valence-electron chi connectivity index (χ0n) is 58.7. The second kappa shape index (κ2) is 47.0. The molecule has 542 valence electrons. The molecule has 0 saturated carbocycles. The summed E-state index contributed by atoms with van der Waals surface area (Å²) in [5, 5.41) is 23.7. The minimum Gasteiger partial charge on any atom is -0.480 e. The Labute approximate surface area is 646 Å². The Bertz CT molecular complexity index is 3600. The van der Waals surface area contributed by atoms with Crippen LogP contribution in [0.3, 0.4) is 0 Å². The number of nitrogens with zero attached hydrogens (tertiary/aromatic N) is 8. The lowest BCUT2D eigenvalue weighted by atomic mass is 9.98. The Morgan fingerprint density at radius 2 is 0.880 bits per heavy atom. The van der Waals surface area contributed by atoms with E-state index in [0.29, 0.717) is 69.9 Å². The third kappa shape index (κ3) is 31.9. The first-order chi connectivity index (χ1) is 47.5. The highest BCUT2D eigenvalue weighted by Gasteiger charge is 2.30. The van der Waals surface area contributed by atoms with Crippen LogP contribution in [0.5, 0.6) is 0 Å². The van der Waals surface area contributed by atoms with E-state index >= 15 is 0 Å². The second-order valence-electron chi connectivity index (χ2n) is 25.2. The van der Waals surface area contributed by atoms with Crippen molar-refractivity contribution in [3.8, 4) is 0 Å². The van der Waals surface area contributed by atoms with Crippen molar-refractivity contribution in [1.82, 2.24) is 55.5 Å². The van der Waals surface area contributed by atoms with Crippen LogP contribution in [-0.2, 0) is 71.3 Å². The van der Waals surface area contributed by atoms with Crippen molar-refractivity contribution in [2.75, 3.05) is 27.2 Å². The molecule has 0 aliphatic rings. The maximum atomic E-state index is 13.8. The summed E-state index contributed by atoms with van der Waals surface area (Å²) in [6.07, 6.45) is 5.69. The fraction of sp³-hybridized carbons (Fsp3) is 0.425. The van der Waals surface area contributed by atoms with Crippen LogP contribution in [0, 0.1) is 17.8 Å². The molecule has 4 heterocycles. The summed E-state index contributed by atoms with van der Waals surface area (Å²) >= 11 is 10.3. The van der Waals surface area contributed by atoms with Crippen molar-refractivity contribution < 1.29 is 43.3 Å². The topological polar surface area (TPSA) is 242 Å². The van der Waals surface area contributed by atoms with Gasteiger partial charge in [0, 0.05) is 119 Å². The fourth-order valence-electron chi connectivity index (χ4n) is 9.86. The summed E-state index contributed by atoms with van der Waals surface area (Å²) in [6.45, 7) is 20.9. The molecule has 0 unspecified atom stereocenters. The van der Waals surface area contributed by atoms with Crippen LogP contribution in [0.25, 0.3) is 0 Å². The van der Waals surface area contributed by atoms with Crippen LogP contribution in [0.4, 0.5) is 19.2 Å². The Balaban J connectivity index is 0.000000345. The number of thiazole rings is 4. The lowest BCUT2D eigenvalue weighted by Gasteiger charge is -2.29.